The second-order valence-electron chi connectivity index (χ2n) is 8.55. The summed E-state index contributed by atoms with van der Waals surface area (Å²) in [5.41, 5.74) is 4.41. The molecule has 1 aromatic carbocycles. The zero-order chi connectivity index (χ0) is 26.1. The molecule has 0 aliphatic carbocycles. The van der Waals surface area contributed by atoms with Gasteiger partial charge in [0, 0.05) is 29.0 Å². The van der Waals surface area contributed by atoms with Gasteiger partial charge in [-0.1, -0.05) is 17.7 Å². The summed E-state index contributed by atoms with van der Waals surface area (Å²) in [5.74, 6) is 0.237. The predicted octanol–water partition coefficient (Wildman–Crippen LogP) is 5.80. The third-order valence-electron chi connectivity index (χ3n) is 5.99. The second kappa shape index (κ2) is 9.99. The number of pyridine rings is 2. The highest BCUT2D eigenvalue weighted by molar-refractivity contribution is 6.29. The standard InChI is InChI=1S/C27H26ClN3O5/c1-13-9-18(16(4)30-22-14(2)11-20(28)31-23(22)27(33)35-6)26-19(10-13)24(32)15(3)25(36-26)17-7-8-29-21(12-17)34-5/h7-12,16,30H,1-6H3/t16-/m1/s1. The molecular formula is C27H26ClN3O5. The van der Waals surface area contributed by atoms with Crippen LogP contribution in [0.15, 0.2) is 45.7 Å². The molecule has 4 rings (SSSR count). The monoisotopic (exact) mass is 507 g/mol. The number of benzene rings is 1. The number of hydrogen-bond donors (Lipinski definition) is 1. The molecule has 9 heteroatoms. The Morgan fingerprint density at radius 2 is 1.89 bits per heavy atom. The summed E-state index contributed by atoms with van der Waals surface area (Å²) in [7, 11) is 2.81. The van der Waals surface area contributed by atoms with Gasteiger partial charge in [0.1, 0.15) is 16.5 Å². The lowest BCUT2D eigenvalue weighted by atomic mass is 9.98. The molecule has 186 valence electrons. The first-order chi connectivity index (χ1) is 17.1. The first kappa shape index (κ1) is 25.2. The highest BCUT2D eigenvalue weighted by Crippen LogP contribution is 2.34. The summed E-state index contributed by atoms with van der Waals surface area (Å²) < 4.78 is 16.5. The van der Waals surface area contributed by atoms with E-state index in [1.165, 1.54) is 14.2 Å². The molecule has 0 aliphatic heterocycles. The molecule has 1 atom stereocenters. The van der Waals surface area contributed by atoms with Gasteiger partial charge < -0.3 is 19.2 Å². The number of anilines is 1. The number of carbonyl (C=O) groups excluding carboxylic acids is 1. The van der Waals surface area contributed by atoms with Gasteiger partial charge in [-0.05, 0) is 57.0 Å². The first-order valence-electron chi connectivity index (χ1n) is 11.2. The number of aromatic nitrogens is 2. The minimum Gasteiger partial charge on any atom is -0.481 e. The molecule has 3 heterocycles. The molecule has 0 aliphatic rings. The summed E-state index contributed by atoms with van der Waals surface area (Å²) in [6, 6.07) is 8.54. The largest absolute Gasteiger partial charge is 0.481 e. The molecule has 0 unspecified atom stereocenters. The van der Waals surface area contributed by atoms with Crippen molar-refractivity contribution in [1.29, 1.82) is 0 Å². The average Bonchev–Trinajstić information content (AvgIpc) is 2.86. The lowest BCUT2D eigenvalue weighted by molar-refractivity contribution is 0.0595. The van der Waals surface area contributed by atoms with Gasteiger partial charge in [-0.3, -0.25) is 4.79 Å². The quantitative estimate of drug-likeness (QED) is 0.258. The maximum atomic E-state index is 13.4. The van der Waals surface area contributed by atoms with Crippen molar-refractivity contribution >= 4 is 34.2 Å². The third kappa shape index (κ3) is 4.64. The van der Waals surface area contributed by atoms with Crippen molar-refractivity contribution in [2.75, 3.05) is 19.5 Å². The van der Waals surface area contributed by atoms with Crippen LogP contribution in [-0.2, 0) is 4.74 Å². The van der Waals surface area contributed by atoms with Crippen LogP contribution in [0.25, 0.3) is 22.3 Å². The smallest absolute Gasteiger partial charge is 0.358 e. The maximum Gasteiger partial charge on any atom is 0.358 e. The Balaban J connectivity index is 1.90. The van der Waals surface area contributed by atoms with E-state index >= 15 is 0 Å². The van der Waals surface area contributed by atoms with Crippen LogP contribution in [0, 0.1) is 20.8 Å². The summed E-state index contributed by atoms with van der Waals surface area (Å²) >= 11 is 6.10. The molecule has 1 N–H and O–H groups in total. The third-order valence-corrected chi connectivity index (χ3v) is 6.18. The highest BCUT2D eigenvalue weighted by Gasteiger charge is 2.23. The maximum absolute atomic E-state index is 13.4. The van der Waals surface area contributed by atoms with E-state index < -0.39 is 5.97 Å². The van der Waals surface area contributed by atoms with Gasteiger partial charge in [-0.2, -0.15) is 0 Å². The van der Waals surface area contributed by atoms with E-state index in [1.54, 1.807) is 31.3 Å². The van der Waals surface area contributed by atoms with Crippen molar-refractivity contribution in [1.82, 2.24) is 9.97 Å². The van der Waals surface area contributed by atoms with Crippen LogP contribution in [0.4, 0.5) is 5.69 Å². The Bertz CT molecular complexity index is 1550. The van der Waals surface area contributed by atoms with E-state index in [4.69, 9.17) is 25.5 Å². The Labute approximate surface area is 213 Å². The lowest BCUT2D eigenvalue weighted by Crippen LogP contribution is -2.16. The van der Waals surface area contributed by atoms with Crippen molar-refractivity contribution in [2.24, 2.45) is 0 Å². The zero-order valence-corrected chi connectivity index (χ0v) is 21.6. The number of hydrogen-bond acceptors (Lipinski definition) is 8. The van der Waals surface area contributed by atoms with E-state index in [-0.39, 0.29) is 22.3 Å². The van der Waals surface area contributed by atoms with Gasteiger partial charge in [-0.25, -0.2) is 14.8 Å². The van der Waals surface area contributed by atoms with Crippen LogP contribution >= 0.6 is 11.6 Å². The van der Waals surface area contributed by atoms with Gasteiger partial charge in [0.15, 0.2) is 11.1 Å². The van der Waals surface area contributed by atoms with Crippen LogP contribution in [0.5, 0.6) is 5.88 Å². The Morgan fingerprint density at radius 1 is 1.14 bits per heavy atom. The van der Waals surface area contributed by atoms with Gasteiger partial charge in [-0.15, -0.1) is 0 Å². The molecule has 4 aromatic rings. The molecule has 0 radical (unpaired) electrons. The van der Waals surface area contributed by atoms with Crippen LogP contribution in [0.1, 0.15) is 45.7 Å². The van der Waals surface area contributed by atoms with E-state index in [0.29, 0.717) is 39.4 Å². The van der Waals surface area contributed by atoms with Crippen LogP contribution in [0.3, 0.4) is 0 Å². The van der Waals surface area contributed by atoms with Crippen molar-refractivity contribution < 1.29 is 18.7 Å². The normalized spacial score (nSPS) is 11.9. The fourth-order valence-electron chi connectivity index (χ4n) is 4.18. The van der Waals surface area contributed by atoms with Gasteiger partial charge in [0.2, 0.25) is 5.88 Å². The van der Waals surface area contributed by atoms with E-state index in [2.05, 4.69) is 15.3 Å². The Kier molecular flexibility index (Phi) is 6.99. The number of halogens is 1. The van der Waals surface area contributed by atoms with E-state index in [1.807, 2.05) is 32.9 Å². The first-order valence-corrected chi connectivity index (χ1v) is 11.6. The number of esters is 1. The minimum absolute atomic E-state index is 0.0770. The van der Waals surface area contributed by atoms with E-state index in [9.17, 15) is 9.59 Å². The van der Waals surface area contributed by atoms with Crippen molar-refractivity contribution in [3.05, 3.63) is 79.9 Å². The number of methoxy groups -OCH3 is 2. The molecule has 8 nitrogen and oxygen atoms in total. The minimum atomic E-state index is -0.611. The van der Waals surface area contributed by atoms with Gasteiger partial charge in [0.25, 0.3) is 0 Å². The molecule has 0 bridgehead atoms. The summed E-state index contributed by atoms with van der Waals surface area (Å²) in [6.45, 7) is 7.39. The molecule has 0 saturated carbocycles. The number of nitrogens with zero attached hydrogens (tertiary/aromatic N) is 2. The summed E-state index contributed by atoms with van der Waals surface area (Å²) in [6.07, 6.45) is 1.60. The number of fused-ring (bicyclic) bond motifs is 1. The zero-order valence-electron chi connectivity index (χ0n) is 20.9. The topological polar surface area (TPSA) is 104 Å². The molecular weight excluding hydrogens is 482 g/mol. The SMILES string of the molecule is COC(=O)c1nc(Cl)cc(C)c1N[C@H](C)c1cc(C)cc2c(=O)c(C)c(-c3ccnc(OC)c3)oc12. The predicted molar refractivity (Wildman–Crippen MR) is 139 cm³/mol. The number of nitrogens with one attached hydrogen (secondary N) is 1. The van der Waals surface area contributed by atoms with Crippen LogP contribution in [0.2, 0.25) is 5.15 Å². The molecule has 3 aromatic heterocycles. The fraction of sp³-hybridized carbons (Fsp3) is 0.259. The fourth-order valence-corrected chi connectivity index (χ4v) is 4.43. The number of aryl methyl sites for hydroxylation is 2. The highest BCUT2D eigenvalue weighted by atomic mass is 35.5. The summed E-state index contributed by atoms with van der Waals surface area (Å²) in [5, 5.41) is 4.01. The van der Waals surface area contributed by atoms with Crippen LogP contribution in [-0.4, -0.2) is 30.2 Å². The lowest BCUT2D eigenvalue weighted by Gasteiger charge is -2.21. The van der Waals surface area contributed by atoms with Gasteiger partial charge >= 0.3 is 5.97 Å². The number of rotatable bonds is 6. The van der Waals surface area contributed by atoms with Crippen molar-refractivity contribution in [2.45, 2.75) is 33.7 Å². The van der Waals surface area contributed by atoms with E-state index in [0.717, 1.165) is 16.7 Å². The molecule has 0 spiro atoms. The molecule has 0 amide bonds. The molecule has 36 heavy (non-hydrogen) atoms. The Morgan fingerprint density at radius 3 is 2.58 bits per heavy atom. The number of ether oxygens (including phenoxy) is 2. The second-order valence-corrected chi connectivity index (χ2v) is 8.93. The van der Waals surface area contributed by atoms with Crippen molar-refractivity contribution in [3.8, 4) is 17.2 Å². The molecule has 0 fully saturated rings. The van der Waals surface area contributed by atoms with Gasteiger partial charge in [0.05, 0.1) is 31.3 Å². The molecule has 0 saturated heterocycles. The summed E-state index contributed by atoms with van der Waals surface area (Å²) in [4.78, 5) is 34.1. The van der Waals surface area contributed by atoms with Crippen LogP contribution < -0.4 is 15.5 Å². The Hall–Kier alpha value is -3.91. The van der Waals surface area contributed by atoms with Crippen molar-refractivity contribution in [3.63, 3.8) is 0 Å². The average molecular weight is 508 g/mol. The number of carbonyl (C=O) groups is 1.